The van der Waals surface area contributed by atoms with Crippen LogP contribution in [0.5, 0.6) is 0 Å². The molecule has 7 heteroatoms. The van der Waals surface area contributed by atoms with Gasteiger partial charge in [-0.2, -0.15) is 0 Å². The SMILES string of the molecule is Cc1c(Cc2ccc(F)cc2)c(=O)n(O)c(=O)n1COCc1ccccc1. The number of rotatable bonds is 6. The molecular weight excluding hydrogens is 351 g/mol. The maximum absolute atomic E-state index is 13.1. The molecule has 0 aliphatic carbocycles. The molecule has 1 aromatic heterocycles. The van der Waals surface area contributed by atoms with Gasteiger partial charge in [-0.25, -0.2) is 9.18 Å². The Hall–Kier alpha value is -3.19. The second-order valence-corrected chi connectivity index (χ2v) is 6.16. The van der Waals surface area contributed by atoms with Crippen LogP contribution in [0.2, 0.25) is 0 Å². The summed E-state index contributed by atoms with van der Waals surface area (Å²) in [5.74, 6) is -0.380. The normalized spacial score (nSPS) is 10.9. The van der Waals surface area contributed by atoms with Crippen LogP contribution in [0.4, 0.5) is 4.39 Å². The summed E-state index contributed by atoms with van der Waals surface area (Å²) in [4.78, 5) is 24.6. The number of aromatic nitrogens is 2. The largest absolute Gasteiger partial charge is 0.421 e. The van der Waals surface area contributed by atoms with Gasteiger partial charge in [0.2, 0.25) is 0 Å². The van der Waals surface area contributed by atoms with Gasteiger partial charge in [0, 0.05) is 17.7 Å². The average Bonchev–Trinajstić information content (AvgIpc) is 2.68. The van der Waals surface area contributed by atoms with Gasteiger partial charge >= 0.3 is 5.69 Å². The number of nitrogens with zero attached hydrogens (tertiary/aromatic N) is 2. The average molecular weight is 370 g/mol. The summed E-state index contributed by atoms with van der Waals surface area (Å²) in [6, 6.07) is 15.1. The molecule has 140 valence electrons. The molecule has 27 heavy (non-hydrogen) atoms. The summed E-state index contributed by atoms with van der Waals surface area (Å²) in [7, 11) is 0. The molecule has 0 fully saturated rings. The van der Waals surface area contributed by atoms with Gasteiger partial charge in [-0.15, -0.1) is 0 Å². The zero-order chi connectivity index (χ0) is 19.4. The highest BCUT2D eigenvalue weighted by Crippen LogP contribution is 2.11. The molecule has 2 aromatic carbocycles. The minimum Gasteiger partial charge on any atom is -0.421 e. The Kier molecular flexibility index (Phi) is 5.52. The molecule has 1 N–H and O–H groups in total. The Morgan fingerprint density at radius 2 is 1.67 bits per heavy atom. The monoisotopic (exact) mass is 370 g/mol. The van der Waals surface area contributed by atoms with E-state index in [4.69, 9.17) is 4.74 Å². The fourth-order valence-electron chi connectivity index (χ4n) is 2.78. The quantitative estimate of drug-likeness (QED) is 0.677. The van der Waals surface area contributed by atoms with Crippen LogP contribution in [-0.2, 0) is 24.5 Å². The van der Waals surface area contributed by atoms with E-state index in [0.29, 0.717) is 11.3 Å². The Morgan fingerprint density at radius 3 is 2.33 bits per heavy atom. The van der Waals surface area contributed by atoms with E-state index in [9.17, 15) is 19.2 Å². The number of hydrogen-bond donors (Lipinski definition) is 1. The van der Waals surface area contributed by atoms with Crippen LogP contribution in [0.15, 0.2) is 64.2 Å². The minimum atomic E-state index is -0.867. The molecule has 1 heterocycles. The third-order valence-corrected chi connectivity index (χ3v) is 4.33. The summed E-state index contributed by atoms with van der Waals surface area (Å²) in [5, 5.41) is 9.89. The zero-order valence-corrected chi connectivity index (χ0v) is 14.8. The molecule has 6 nitrogen and oxygen atoms in total. The Labute approximate surface area is 154 Å². The molecule has 0 aliphatic rings. The molecule has 3 aromatic rings. The third-order valence-electron chi connectivity index (χ3n) is 4.33. The van der Waals surface area contributed by atoms with Gasteiger partial charge < -0.3 is 9.94 Å². The number of ether oxygens (including phenoxy) is 1. The van der Waals surface area contributed by atoms with Crippen LogP contribution >= 0.6 is 0 Å². The predicted octanol–water partition coefficient (Wildman–Crippen LogP) is 2.46. The maximum atomic E-state index is 13.1. The standard InChI is InChI=1S/C20H19FN2O4/c1-14-18(11-15-7-9-17(21)10-8-15)19(24)23(26)20(25)22(14)13-27-12-16-5-3-2-4-6-16/h2-10,26H,11-13H2,1H3. The first-order chi connectivity index (χ1) is 13.0. The highest BCUT2D eigenvalue weighted by molar-refractivity contribution is 5.27. The first-order valence-corrected chi connectivity index (χ1v) is 8.38. The highest BCUT2D eigenvalue weighted by Gasteiger charge is 2.16. The predicted molar refractivity (Wildman–Crippen MR) is 97.3 cm³/mol. The van der Waals surface area contributed by atoms with E-state index in [1.165, 1.54) is 16.7 Å². The first kappa shape index (κ1) is 18.6. The van der Waals surface area contributed by atoms with Crippen LogP contribution in [-0.4, -0.2) is 14.5 Å². The Morgan fingerprint density at radius 1 is 1.00 bits per heavy atom. The van der Waals surface area contributed by atoms with Gasteiger partial charge in [0.25, 0.3) is 5.56 Å². The zero-order valence-electron chi connectivity index (χ0n) is 14.8. The molecule has 0 unspecified atom stereocenters. The van der Waals surface area contributed by atoms with Crippen LogP contribution in [0.1, 0.15) is 22.4 Å². The Bertz CT molecular complexity index is 1040. The molecule has 0 amide bonds. The van der Waals surface area contributed by atoms with Crippen LogP contribution in [0.3, 0.4) is 0 Å². The van der Waals surface area contributed by atoms with Gasteiger partial charge in [0.05, 0.1) is 6.61 Å². The van der Waals surface area contributed by atoms with Gasteiger partial charge in [-0.1, -0.05) is 47.2 Å². The molecule has 0 spiro atoms. The van der Waals surface area contributed by atoms with Crippen molar-refractivity contribution in [2.75, 3.05) is 0 Å². The second kappa shape index (κ2) is 8.01. The lowest BCUT2D eigenvalue weighted by molar-refractivity contribution is 0.0504. The molecule has 0 bridgehead atoms. The van der Waals surface area contributed by atoms with Crippen molar-refractivity contribution >= 4 is 0 Å². The van der Waals surface area contributed by atoms with Gasteiger partial charge in [-0.05, 0) is 30.2 Å². The first-order valence-electron chi connectivity index (χ1n) is 8.38. The number of benzene rings is 2. The summed E-state index contributed by atoms with van der Waals surface area (Å²) in [6.07, 6.45) is 0.157. The Balaban J connectivity index is 1.87. The summed E-state index contributed by atoms with van der Waals surface area (Å²) >= 11 is 0. The van der Waals surface area contributed by atoms with Crippen molar-refractivity contribution in [3.8, 4) is 0 Å². The minimum absolute atomic E-state index is 0.0811. The lowest BCUT2D eigenvalue weighted by atomic mass is 10.0. The van der Waals surface area contributed by atoms with Crippen LogP contribution in [0.25, 0.3) is 0 Å². The lowest BCUT2D eigenvalue weighted by Gasteiger charge is -2.15. The van der Waals surface area contributed by atoms with Crippen molar-refractivity contribution in [3.05, 3.63) is 104 Å². The van der Waals surface area contributed by atoms with Crippen molar-refractivity contribution in [1.82, 2.24) is 9.30 Å². The van der Waals surface area contributed by atoms with Crippen molar-refractivity contribution in [3.63, 3.8) is 0 Å². The van der Waals surface area contributed by atoms with Crippen LogP contribution in [0, 0.1) is 12.7 Å². The molecule has 0 atom stereocenters. The third kappa shape index (κ3) is 4.15. The van der Waals surface area contributed by atoms with E-state index in [1.807, 2.05) is 30.3 Å². The van der Waals surface area contributed by atoms with E-state index >= 15 is 0 Å². The highest BCUT2D eigenvalue weighted by atomic mass is 19.1. The molecule has 0 saturated carbocycles. The topological polar surface area (TPSA) is 73.5 Å². The fourth-order valence-corrected chi connectivity index (χ4v) is 2.78. The van der Waals surface area contributed by atoms with E-state index < -0.39 is 11.2 Å². The van der Waals surface area contributed by atoms with Crippen molar-refractivity contribution in [2.45, 2.75) is 26.7 Å². The lowest BCUT2D eigenvalue weighted by Crippen LogP contribution is -2.42. The molecule has 3 rings (SSSR count). The summed E-state index contributed by atoms with van der Waals surface area (Å²) < 4.78 is 19.9. The fraction of sp³-hybridized carbons (Fsp3) is 0.200. The smallest absolute Gasteiger partial charge is 0.366 e. The van der Waals surface area contributed by atoms with Crippen molar-refractivity contribution < 1.29 is 14.3 Å². The van der Waals surface area contributed by atoms with Gasteiger partial charge in [0.1, 0.15) is 12.5 Å². The second-order valence-electron chi connectivity index (χ2n) is 6.16. The number of halogens is 1. The summed E-state index contributed by atoms with van der Waals surface area (Å²) in [5.41, 5.74) is 0.605. The van der Waals surface area contributed by atoms with E-state index in [2.05, 4.69) is 0 Å². The van der Waals surface area contributed by atoms with E-state index in [1.54, 1.807) is 19.1 Å². The van der Waals surface area contributed by atoms with Crippen molar-refractivity contribution in [1.29, 1.82) is 0 Å². The number of hydrogen-bond acceptors (Lipinski definition) is 4. The molecule has 0 aliphatic heterocycles. The summed E-state index contributed by atoms with van der Waals surface area (Å²) in [6.45, 7) is 1.79. The van der Waals surface area contributed by atoms with Gasteiger partial charge in [0.15, 0.2) is 0 Å². The molecular formula is C20H19FN2O4. The van der Waals surface area contributed by atoms with E-state index in [-0.39, 0.29) is 35.9 Å². The van der Waals surface area contributed by atoms with Crippen LogP contribution < -0.4 is 11.2 Å². The maximum Gasteiger partial charge on any atom is 0.366 e. The van der Waals surface area contributed by atoms with Gasteiger partial charge in [-0.3, -0.25) is 9.36 Å². The molecule has 0 radical (unpaired) electrons. The van der Waals surface area contributed by atoms with Crippen molar-refractivity contribution in [2.24, 2.45) is 0 Å². The molecule has 0 saturated heterocycles. The van der Waals surface area contributed by atoms with E-state index in [0.717, 1.165) is 5.56 Å².